The van der Waals surface area contributed by atoms with Crippen molar-refractivity contribution in [1.82, 2.24) is 0 Å². The van der Waals surface area contributed by atoms with Crippen molar-refractivity contribution >= 4 is 11.5 Å². The Morgan fingerprint density at radius 2 is 2.25 bits per heavy atom. The second-order valence-corrected chi connectivity index (χ2v) is 3.53. The Morgan fingerprint density at radius 1 is 1.44 bits per heavy atom. The average molecular weight is 225 g/mol. The van der Waals surface area contributed by atoms with E-state index in [9.17, 15) is 9.18 Å². The van der Waals surface area contributed by atoms with E-state index in [1.54, 1.807) is 0 Å². The third-order valence-corrected chi connectivity index (χ3v) is 2.39. The highest BCUT2D eigenvalue weighted by molar-refractivity contribution is 5.99. The van der Waals surface area contributed by atoms with Crippen molar-refractivity contribution in [1.29, 1.82) is 0 Å². The Labute approximate surface area is 92.1 Å². The summed E-state index contributed by atoms with van der Waals surface area (Å²) in [6.45, 7) is 1.08. The number of anilines is 1. The first-order chi connectivity index (χ1) is 7.68. The minimum atomic E-state index is -0.642. The van der Waals surface area contributed by atoms with Crippen molar-refractivity contribution in [2.45, 2.75) is 6.10 Å². The van der Waals surface area contributed by atoms with E-state index in [0.29, 0.717) is 13.2 Å². The molecule has 1 fully saturated rings. The number of rotatable bonds is 2. The van der Waals surface area contributed by atoms with Crippen LogP contribution in [0.3, 0.4) is 0 Å². The Hall–Kier alpha value is -1.46. The van der Waals surface area contributed by atoms with Gasteiger partial charge in [-0.05, 0) is 18.2 Å². The molecule has 1 saturated heterocycles. The van der Waals surface area contributed by atoms with Gasteiger partial charge >= 0.3 is 0 Å². The molecule has 1 aliphatic heterocycles. The van der Waals surface area contributed by atoms with Crippen LogP contribution in [0.15, 0.2) is 18.2 Å². The monoisotopic (exact) mass is 225 g/mol. The molecular weight excluding hydrogens is 213 g/mol. The maximum Gasteiger partial charge on any atom is 0.194 e. The molecule has 86 valence electrons. The highest BCUT2D eigenvalue weighted by Gasteiger charge is 2.24. The first-order valence-corrected chi connectivity index (χ1v) is 4.97. The smallest absolute Gasteiger partial charge is 0.194 e. The molecule has 1 aliphatic rings. The molecule has 0 radical (unpaired) electrons. The highest BCUT2D eigenvalue weighted by atomic mass is 19.1. The van der Waals surface area contributed by atoms with Crippen molar-refractivity contribution in [3.8, 4) is 0 Å². The summed E-state index contributed by atoms with van der Waals surface area (Å²) >= 11 is 0. The maximum absolute atomic E-state index is 13.2. The fourth-order valence-corrected chi connectivity index (χ4v) is 1.51. The zero-order valence-corrected chi connectivity index (χ0v) is 8.61. The lowest BCUT2D eigenvalue weighted by molar-refractivity contribution is -0.0719. The average Bonchev–Trinajstić information content (AvgIpc) is 2.33. The third kappa shape index (κ3) is 2.20. The molecule has 0 bridgehead atoms. The number of ketones is 1. The number of nitrogen functional groups attached to an aromatic ring is 1. The van der Waals surface area contributed by atoms with Gasteiger partial charge in [-0.15, -0.1) is 0 Å². The Balaban J connectivity index is 2.16. The van der Waals surface area contributed by atoms with Crippen molar-refractivity contribution in [2.24, 2.45) is 0 Å². The Kier molecular flexibility index (Phi) is 3.17. The van der Waals surface area contributed by atoms with Gasteiger partial charge in [-0.3, -0.25) is 4.79 Å². The first kappa shape index (κ1) is 11.0. The number of Topliss-reactive ketones (excluding diaryl/α,β-unsaturated/α-hetero) is 1. The van der Waals surface area contributed by atoms with Crippen LogP contribution in [-0.4, -0.2) is 31.7 Å². The van der Waals surface area contributed by atoms with Gasteiger partial charge in [0.25, 0.3) is 0 Å². The molecule has 0 saturated carbocycles. The zero-order valence-electron chi connectivity index (χ0n) is 8.61. The molecule has 1 atom stereocenters. The molecule has 1 aromatic rings. The number of benzene rings is 1. The molecule has 2 rings (SSSR count). The molecule has 1 unspecified atom stereocenters. The molecular formula is C11H12FNO3. The number of ether oxygens (including phenoxy) is 2. The summed E-state index contributed by atoms with van der Waals surface area (Å²) in [5.74, 6) is -0.874. The minimum absolute atomic E-state index is 0.0253. The second kappa shape index (κ2) is 4.59. The van der Waals surface area contributed by atoms with E-state index in [1.165, 1.54) is 12.1 Å². The maximum atomic E-state index is 13.2. The lowest BCUT2D eigenvalue weighted by Crippen LogP contribution is -2.35. The lowest BCUT2D eigenvalue weighted by Gasteiger charge is -2.21. The summed E-state index contributed by atoms with van der Waals surface area (Å²) in [5, 5.41) is 0. The van der Waals surface area contributed by atoms with Crippen LogP contribution in [0.5, 0.6) is 0 Å². The second-order valence-electron chi connectivity index (χ2n) is 3.53. The molecule has 1 heterocycles. The SMILES string of the molecule is Nc1ccc(C(=O)C2COCCO2)cc1F. The number of hydrogen-bond acceptors (Lipinski definition) is 4. The largest absolute Gasteiger partial charge is 0.396 e. The van der Waals surface area contributed by atoms with Gasteiger partial charge < -0.3 is 15.2 Å². The highest BCUT2D eigenvalue weighted by Crippen LogP contribution is 2.15. The summed E-state index contributed by atoms with van der Waals surface area (Å²) in [6, 6.07) is 3.97. The van der Waals surface area contributed by atoms with E-state index in [0.717, 1.165) is 6.07 Å². The number of nitrogens with two attached hydrogens (primary N) is 1. The minimum Gasteiger partial charge on any atom is -0.396 e. The number of carbonyl (C=O) groups excluding carboxylic acids is 1. The standard InChI is InChI=1S/C11H12FNO3/c12-8-5-7(1-2-9(8)13)11(14)10-6-15-3-4-16-10/h1-2,5,10H,3-4,6,13H2. The predicted octanol–water partition coefficient (Wildman–Crippen LogP) is 1.01. The van der Waals surface area contributed by atoms with Gasteiger partial charge in [0.15, 0.2) is 5.78 Å². The Morgan fingerprint density at radius 3 is 2.88 bits per heavy atom. The van der Waals surface area contributed by atoms with Gasteiger partial charge in [0, 0.05) is 5.56 Å². The van der Waals surface area contributed by atoms with E-state index < -0.39 is 11.9 Å². The van der Waals surface area contributed by atoms with Crippen molar-refractivity contribution in [3.63, 3.8) is 0 Å². The quantitative estimate of drug-likeness (QED) is 0.602. The fraction of sp³-hybridized carbons (Fsp3) is 0.364. The molecule has 4 nitrogen and oxygen atoms in total. The van der Waals surface area contributed by atoms with E-state index in [-0.39, 0.29) is 23.6 Å². The van der Waals surface area contributed by atoms with Crippen LogP contribution in [0.25, 0.3) is 0 Å². The molecule has 0 spiro atoms. The van der Waals surface area contributed by atoms with Gasteiger partial charge in [0.05, 0.1) is 25.5 Å². The Bertz CT molecular complexity index is 402. The summed E-state index contributed by atoms with van der Waals surface area (Å²) in [7, 11) is 0. The molecule has 16 heavy (non-hydrogen) atoms. The summed E-state index contributed by atoms with van der Waals surface area (Å²) < 4.78 is 23.5. The van der Waals surface area contributed by atoms with Crippen LogP contribution in [0.4, 0.5) is 10.1 Å². The van der Waals surface area contributed by atoms with Gasteiger partial charge in [-0.1, -0.05) is 0 Å². The van der Waals surface area contributed by atoms with E-state index >= 15 is 0 Å². The predicted molar refractivity (Wildman–Crippen MR) is 55.7 cm³/mol. The molecule has 0 aromatic heterocycles. The number of carbonyl (C=O) groups is 1. The molecule has 2 N–H and O–H groups in total. The lowest BCUT2D eigenvalue weighted by atomic mass is 10.1. The van der Waals surface area contributed by atoms with Crippen molar-refractivity contribution in [2.75, 3.05) is 25.6 Å². The molecule has 1 aromatic carbocycles. The summed E-state index contributed by atoms with van der Waals surface area (Å²) in [4.78, 5) is 11.9. The van der Waals surface area contributed by atoms with Gasteiger partial charge in [0.1, 0.15) is 11.9 Å². The fourth-order valence-electron chi connectivity index (χ4n) is 1.51. The van der Waals surface area contributed by atoms with E-state index in [2.05, 4.69) is 0 Å². The van der Waals surface area contributed by atoms with Crippen LogP contribution in [-0.2, 0) is 9.47 Å². The molecule has 5 heteroatoms. The summed E-state index contributed by atoms with van der Waals surface area (Å²) in [6.07, 6.45) is -0.642. The van der Waals surface area contributed by atoms with Crippen LogP contribution in [0.1, 0.15) is 10.4 Å². The molecule has 0 amide bonds. The number of halogens is 1. The van der Waals surface area contributed by atoms with Crippen molar-refractivity contribution < 1.29 is 18.7 Å². The topological polar surface area (TPSA) is 61.6 Å². The van der Waals surface area contributed by atoms with Crippen LogP contribution < -0.4 is 5.73 Å². The van der Waals surface area contributed by atoms with Gasteiger partial charge in [-0.25, -0.2) is 4.39 Å². The van der Waals surface area contributed by atoms with Crippen LogP contribution >= 0.6 is 0 Å². The normalized spacial score (nSPS) is 20.7. The third-order valence-electron chi connectivity index (χ3n) is 2.39. The van der Waals surface area contributed by atoms with E-state index in [4.69, 9.17) is 15.2 Å². The van der Waals surface area contributed by atoms with Crippen LogP contribution in [0, 0.1) is 5.82 Å². The molecule has 0 aliphatic carbocycles. The number of hydrogen-bond donors (Lipinski definition) is 1. The summed E-state index contributed by atoms with van der Waals surface area (Å²) in [5.41, 5.74) is 5.60. The zero-order chi connectivity index (χ0) is 11.5. The van der Waals surface area contributed by atoms with Crippen LogP contribution in [0.2, 0.25) is 0 Å². The van der Waals surface area contributed by atoms with Gasteiger partial charge in [0.2, 0.25) is 0 Å². The first-order valence-electron chi connectivity index (χ1n) is 4.97. The van der Waals surface area contributed by atoms with Gasteiger partial charge in [-0.2, -0.15) is 0 Å². The van der Waals surface area contributed by atoms with E-state index in [1.807, 2.05) is 0 Å². The van der Waals surface area contributed by atoms with Crippen molar-refractivity contribution in [3.05, 3.63) is 29.6 Å².